The Hall–Kier alpha value is -1.11. The molecule has 1 rings (SSSR count). The maximum atomic E-state index is 13.7. The van der Waals surface area contributed by atoms with Crippen LogP contribution in [-0.2, 0) is 5.41 Å². The summed E-state index contributed by atoms with van der Waals surface area (Å²) in [6.07, 6.45) is 0. The Morgan fingerprint density at radius 1 is 1.29 bits per heavy atom. The van der Waals surface area contributed by atoms with Crippen molar-refractivity contribution in [3.05, 3.63) is 41.7 Å². The minimum Gasteiger partial charge on any atom is -0.207 e. The Kier molecular flexibility index (Phi) is 2.79. The average Bonchev–Trinajstić information content (AvgIpc) is 2.01. The number of hydrogen-bond acceptors (Lipinski definition) is 0. The molecule has 0 atom stereocenters. The molecule has 0 heterocycles. The van der Waals surface area contributed by atoms with Gasteiger partial charge < -0.3 is 0 Å². The highest BCUT2D eigenvalue weighted by Gasteiger charge is 2.21. The van der Waals surface area contributed by atoms with Crippen LogP contribution in [0.4, 0.5) is 4.39 Å². The first-order chi connectivity index (χ1) is 6.34. The van der Waals surface area contributed by atoms with Gasteiger partial charge in [0.05, 0.1) is 0 Å². The molecule has 1 heteroatoms. The monoisotopic (exact) mass is 192 g/mol. The van der Waals surface area contributed by atoms with Gasteiger partial charge in [0.15, 0.2) is 0 Å². The molecule has 0 spiro atoms. The Labute approximate surface area is 85.5 Å². The highest BCUT2D eigenvalue weighted by Crippen LogP contribution is 2.31. The third-order valence-corrected chi connectivity index (χ3v) is 2.22. The molecule has 0 fully saturated rings. The second kappa shape index (κ2) is 3.56. The molecule has 1 aromatic carbocycles. The number of halogens is 1. The van der Waals surface area contributed by atoms with E-state index in [0.29, 0.717) is 0 Å². The summed E-state index contributed by atoms with van der Waals surface area (Å²) >= 11 is 0. The predicted octanol–water partition coefficient (Wildman–Crippen LogP) is 4.16. The standard InChI is InChI=1S/C13H17F/c1-9(2)10-7-6-8-11(14)12(10)13(3,4)5/h6-8H,1H2,2-5H3. The zero-order valence-electron chi connectivity index (χ0n) is 9.32. The van der Waals surface area contributed by atoms with E-state index in [1.54, 1.807) is 6.07 Å². The summed E-state index contributed by atoms with van der Waals surface area (Å²) in [6.45, 7) is 11.8. The summed E-state index contributed by atoms with van der Waals surface area (Å²) in [4.78, 5) is 0. The third-order valence-electron chi connectivity index (χ3n) is 2.22. The first kappa shape index (κ1) is 11.0. The second-order valence-electron chi connectivity index (χ2n) is 4.69. The molecule has 0 saturated carbocycles. The number of hydrogen-bond donors (Lipinski definition) is 0. The van der Waals surface area contributed by atoms with Gasteiger partial charge in [0, 0.05) is 5.56 Å². The molecule has 0 unspecified atom stereocenters. The Balaban J connectivity index is 3.45. The molecular formula is C13H17F. The summed E-state index contributed by atoms with van der Waals surface area (Å²) in [5.74, 6) is -0.141. The van der Waals surface area contributed by atoms with E-state index in [1.807, 2.05) is 33.8 Å². The second-order valence-corrected chi connectivity index (χ2v) is 4.69. The lowest BCUT2D eigenvalue weighted by atomic mass is 9.82. The first-order valence-electron chi connectivity index (χ1n) is 4.79. The van der Waals surface area contributed by atoms with Crippen LogP contribution in [0.3, 0.4) is 0 Å². The highest BCUT2D eigenvalue weighted by atomic mass is 19.1. The van der Waals surface area contributed by atoms with Crippen LogP contribution in [0.1, 0.15) is 38.8 Å². The normalized spacial score (nSPS) is 11.5. The molecule has 0 aliphatic heterocycles. The maximum absolute atomic E-state index is 13.7. The average molecular weight is 192 g/mol. The lowest BCUT2D eigenvalue weighted by Gasteiger charge is -2.23. The molecule has 0 nitrogen and oxygen atoms in total. The van der Waals surface area contributed by atoms with Crippen LogP contribution in [0.15, 0.2) is 24.8 Å². The molecule has 0 aliphatic carbocycles. The van der Waals surface area contributed by atoms with Gasteiger partial charge in [0.25, 0.3) is 0 Å². The van der Waals surface area contributed by atoms with Gasteiger partial charge >= 0.3 is 0 Å². The predicted molar refractivity (Wildman–Crippen MR) is 59.8 cm³/mol. The van der Waals surface area contributed by atoms with Crippen LogP contribution in [0, 0.1) is 5.82 Å². The summed E-state index contributed by atoms with van der Waals surface area (Å²) < 4.78 is 13.7. The lowest BCUT2D eigenvalue weighted by molar-refractivity contribution is 0.521. The van der Waals surface area contributed by atoms with Crippen molar-refractivity contribution in [1.29, 1.82) is 0 Å². The minimum atomic E-state index is -0.181. The quantitative estimate of drug-likeness (QED) is 0.627. The van der Waals surface area contributed by atoms with E-state index in [1.165, 1.54) is 6.07 Å². The van der Waals surface area contributed by atoms with Crippen molar-refractivity contribution >= 4 is 5.57 Å². The summed E-state index contributed by atoms with van der Waals surface area (Å²) in [5.41, 5.74) is 2.42. The molecule has 0 N–H and O–H groups in total. The molecule has 0 bridgehead atoms. The smallest absolute Gasteiger partial charge is 0.127 e. The zero-order chi connectivity index (χ0) is 10.9. The van der Waals surface area contributed by atoms with Crippen LogP contribution < -0.4 is 0 Å². The van der Waals surface area contributed by atoms with E-state index in [0.717, 1.165) is 16.7 Å². The fourth-order valence-electron chi connectivity index (χ4n) is 1.64. The molecule has 1 aromatic rings. The molecular weight excluding hydrogens is 175 g/mol. The van der Waals surface area contributed by atoms with Gasteiger partial charge in [-0.1, -0.05) is 45.1 Å². The van der Waals surface area contributed by atoms with E-state index >= 15 is 0 Å². The molecule has 0 aliphatic rings. The molecule has 14 heavy (non-hydrogen) atoms. The number of benzene rings is 1. The Bertz CT molecular complexity index is 356. The summed E-state index contributed by atoms with van der Waals surface area (Å²) in [5, 5.41) is 0. The van der Waals surface area contributed by atoms with Crippen molar-refractivity contribution in [2.75, 3.05) is 0 Å². The van der Waals surface area contributed by atoms with E-state index in [9.17, 15) is 4.39 Å². The van der Waals surface area contributed by atoms with Crippen LogP contribution >= 0.6 is 0 Å². The van der Waals surface area contributed by atoms with Gasteiger partial charge in [0.1, 0.15) is 5.82 Å². The molecule has 0 saturated heterocycles. The fourth-order valence-corrected chi connectivity index (χ4v) is 1.64. The Morgan fingerprint density at radius 2 is 1.86 bits per heavy atom. The van der Waals surface area contributed by atoms with Crippen molar-refractivity contribution < 1.29 is 4.39 Å². The van der Waals surface area contributed by atoms with E-state index in [-0.39, 0.29) is 11.2 Å². The molecule has 76 valence electrons. The minimum absolute atomic E-state index is 0.141. The largest absolute Gasteiger partial charge is 0.207 e. The topological polar surface area (TPSA) is 0 Å². The van der Waals surface area contributed by atoms with Crippen molar-refractivity contribution in [2.45, 2.75) is 33.1 Å². The van der Waals surface area contributed by atoms with Gasteiger partial charge in [-0.05, 0) is 24.0 Å². The van der Waals surface area contributed by atoms with Crippen LogP contribution in [0.5, 0.6) is 0 Å². The number of rotatable bonds is 1. The van der Waals surface area contributed by atoms with Crippen molar-refractivity contribution in [3.63, 3.8) is 0 Å². The first-order valence-corrected chi connectivity index (χ1v) is 4.79. The van der Waals surface area contributed by atoms with Gasteiger partial charge in [0.2, 0.25) is 0 Å². The number of allylic oxidation sites excluding steroid dienone is 1. The Morgan fingerprint density at radius 3 is 2.21 bits per heavy atom. The van der Waals surface area contributed by atoms with E-state index in [2.05, 4.69) is 6.58 Å². The molecule has 0 aromatic heterocycles. The van der Waals surface area contributed by atoms with Gasteiger partial charge in [-0.25, -0.2) is 4.39 Å². The van der Waals surface area contributed by atoms with E-state index < -0.39 is 0 Å². The van der Waals surface area contributed by atoms with Crippen LogP contribution in [0.25, 0.3) is 5.57 Å². The summed E-state index contributed by atoms with van der Waals surface area (Å²) in [7, 11) is 0. The fraction of sp³-hybridized carbons (Fsp3) is 0.385. The van der Waals surface area contributed by atoms with E-state index in [4.69, 9.17) is 0 Å². The van der Waals surface area contributed by atoms with Crippen molar-refractivity contribution in [3.8, 4) is 0 Å². The lowest BCUT2D eigenvalue weighted by Crippen LogP contribution is -2.16. The molecule has 0 amide bonds. The zero-order valence-corrected chi connectivity index (χ0v) is 9.32. The maximum Gasteiger partial charge on any atom is 0.127 e. The van der Waals surface area contributed by atoms with Gasteiger partial charge in [-0.3, -0.25) is 0 Å². The van der Waals surface area contributed by atoms with Crippen molar-refractivity contribution in [1.82, 2.24) is 0 Å². The highest BCUT2D eigenvalue weighted by molar-refractivity contribution is 5.65. The SMILES string of the molecule is C=C(C)c1cccc(F)c1C(C)(C)C. The molecule has 0 radical (unpaired) electrons. The van der Waals surface area contributed by atoms with Crippen LogP contribution in [0.2, 0.25) is 0 Å². The third kappa shape index (κ3) is 2.03. The summed E-state index contributed by atoms with van der Waals surface area (Å²) in [6, 6.07) is 5.16. The van der Waals surface area contributed by atoms with Gasteiger partial charge in [-0.15, -0.1) is 0 Å². The van der Waals surface area contributed by atoms with Crippen LogP contribution in [-0.4, -0.2) is 0 Å². The van der Waals surface area contributed by atoms with Gasteiger partial charge in [-0.2, -0.15) is 0 Å². The van der Waals surface area contributed by atoms with Crippen molar-refractivity contribution in [2.24, 2.45) is 0 Å².